The van der Waals surface area contributed by atoms with Crippen LogP contribution in [-0.4, -0.2) is 73.0 Å². The number of nitrogens with one attached hydrogen (secondary N) is 1. The van der Waals surface area contributed by atoms with Crippen LogP contribution in [0.15, 0.2) is 28.6 Å². The Bertz CT molecular complexity index is 1290. The van der Waals surface area contributed by atoms with Crippen molar-refractivity contribution >= 4 is 51.0 Å². The summed E-state index contributed by atoms with van der Waals surface area (Å²) in [6.07, 6.45) is -0.536. The molecule has 1 atom stereocenters. The fraction of sp³-hybridized carbons (Fsp3) is 0.391. The molecule has 1 unspecified atom stereocenters. The van der Waals surface area contributed by atoms with Gasteiger partial charge in [-0.2, -0.15) is 4.98 Å². The van der Waals surface area contributed by atoms with Gasteiger partial charge in [0.25, 0.3) is 0 Å². The van der Waals surface area contributed by atoms with Crippen molar-refractivity contribution < 1.29 is 19.1 Å². The van der Waals surface area contributed by atoms with Gasteiger partial charge in [0.1, 0.15) is 23.0 Å². The number of piperazine rings is 1. The van der Waals surface area contributed by atoms with Gasteiger partial charge in [-0.15, -0.1) is 16.4 Å². The predicted molar refractivity (Wildman–Crippen MR) is 135 cm³/mol. The second-order valence-electron chi connectivity index (χ2n) is 8.43. The molecule has 2 aliphatic rings. The second kappa shape index (κ2) is 9.55. The largest absolute Gasteiger partial charge is 0.497 e. The number of benzene rings is 1. The SMILES string of the molecule is COc1ccc(NC(=O)ON2CCN(c3nc(N)nc4scc(C5=NC(C)CO5)c34)CC2)c(C)c1. The summed E-state index contributed by atoms with van der Waals surface area (Å²) in [7, 11) is 1.60. The molecule has 0 spiro atoms. The molecule has 35 heavy (non-hydrogen) atoms. The molecule has 4 heterocycles. The van der Waals surface area contributed by atoms with E-state index >= 15 is 0 Å². The van der Waals surface area contributed by atoms with Crippen molar-refractivity contribution in [3.05, 3.63) is 34.7 Å². The molecule has 1 amide bonds. The number of amides is 1. The number of carbonyl (C=O) groups excluding carboxylic acids is 1. The number of aromatic nitrogens is 2. The number of ether oxygens (including phenoxy) is 2. The number of nitrogens with zero attached hydrogens (tertiary/aromatic N) is 5. The number of carbonyl (C=O) groups is 1. The summed E-state index contributed by atoms with van der Waals surface area (Å²) < 4.78 is 11.0. The Hall–Kier alpha value is -3.64. The number of fused-ring (bicyclic) bond motifs is 1. The molecule has 2 aliphatic heterocycles. The molecule has 0 bridgehead atoms. The van der Waals surface area contributed by atoms with Gasteiger partial charge in [0.2, 0.25) is 11.8 Å². The maximum absolute atomic E-state index is 12.5. The minimum absolute atomic E-state index is 0.117. The molecule has 184 valence electrons. The summed E-state index contributed by atoms with van der Waals surface area (Å²) in [6, 6.07) is 5.54. The lowest BCUT2D eigenvalue weighted by Gasteiger charge is -2.34. The molecular weight excluding hydrogens is 470 g/mol. The number of aryl methyl sites for hydroxylation is 1. The molecule has 5 rings (SSSR count). The Balaban J connectivity index is 1.26. The predicted octanol–water partition coefficient (Wildman–Crippen LogP) is 3.04. The Morgan fingerprint density at radius 1 is 1.26 bits per heavy atom. The van der Waals surface area contributed by atoms with Crippen molar-refractivity contribution in [3.63, 3.8) is 0 Å². The van der Waals surface area contributed by atoms with Crippen molar-refractivity contribution in [1.82, 2.24) is 15.0 Å². The van der Waals surface area contributed by atoms with Crippen LogP contribution >= 0.6 is 11.3 Å². The molecule has 3 aromatic rings. The Morgan fingerprint density at radius 3 is 2.74 bits per heavy atom. The molecule has 0 saturated carbocycles. The lowest BCUT2D eigenvalue weighted by molar-refractivity contribution is -0.0966. The topological polar surface area (TPSA) is 127 Å². The molecular formula is C23H27N7O4S. The average Bonchev–Trinajstić information content (AvgIpc) is 3.46. The van der Waals surface area contributed by atoms with E-state index in [4.69, 9.17) is 20.0 Å². The monoisotopic (exact) mass is 497 g/mol. The first-order valence-corrected chi connectivity index (χ1v) is 12.2. The molecule has 2 aromatic heterocycles. The van der Waals surface area contributed by atoms with Crippen molar-refractivity contribution in [2.24, 2.45) is 4.99 Å². The second-order valence-corrected chi connectivity index (χ2v) is 9.29. The Kier molecular flexibility index (Phi) is 6.31. The standard InChI is InChI=1S/C23H27N7O4S/c1-13-10-15(32-3)4-5-17(13)26-23(31)34-30-8-6-29(7-9-30)19-18-16(20-25-14(2)11-33-20)12-35-21(18)28-22(24)27-19/h4-5,10,12,14H,6-9,11H2,1-3H3,(H,26,31)(H2,24,27,28). The van der Waals surface area contributed by atoms with Crippen molar-refractivity contribution in [1.29, 1.82) is 0 Å². The molecule has 11 nitrogen and oxygen atoms in total. The van der Waals surface area contributed by atoms with Crippen LogP contribution in [0.5, 0.6) is 5.75 Å². The minimum Gasteiger partial charge on any atom is -0.497 e. The van der Waals surface area contributed by atoms with Gasteiger partial charge in [0.15, 0.2) is 0 Å². The Labute approximate surface area is 206 Å². The first-order chi connectivity index (χ1) is 16.9. The number of rotatable bonds is 5. The lowest BCUT2D eigenvalue weighted by Crippen LogP contribution is -2.47. The van der Waals surface area contributed by atoms with Gasteiger partial charge in [-0.3, -0.25) is 5.32 Å². The third-order valence-electron chi connectivity index (χ3n) is 5.88. The normalized spacial score (nSPS) is 18.3. The van der Waals surface area contributed by atoms with E-state index in [-0.39, 0.29) is 12.0 Å². The first-order valence-electron chi connectivity index (χ1n) is 11.3. The number of hydrogen-bond acceptors (Lipinski definition) is 11. The molecule has 1 saturated heterocycles. The van der Waals surface area contributed by atoms with Gasteiger partial charge in [-0.1, -0.05) is 0 Å². The third-order valence-corrected chi connectivity index (χ3v) is 6.75. The quantitative estimate of drug-likeness (QED) is 0.547. The highest BCUT2D eigenvalue weighted by molar-refractivity contribution is 7.17. The lowest BCUT2D eigenvalue weighted by atomic mass is 10.2. The van der Waals surface area contributed by atoms with Crippen LogP contribution in [0, 0.1) is 6.92 Å². The van der Waals surface area contributed by atoms with E-state index in [1.54, 1.807) is 24.3 Å². The zero-order chi connectivity index (χ0) is 24.5. The number of anilines is 3. The van der Waals surface area contributed by atoms with Gasteiger partial charge in [0, 0.05) is 24.2 Å². The van der Waals surface area contributed by atoms with Crippen LogP contribution in [0.25, 0.3) is 10.2 Å². The van der Waals surface area contributed by atoms with E-state index in [1.807, 2.05) is 25.3 Å². The molecule has 3 N–H and O–H groups in total. The van der Waals surface area contributed by atoms with E-state index in [0.717, 1.165) is 32.9 Å². The van der Waals surface area contributed by atoms with Crippen LogP contribution in [-0.2, 0) is 9.57 Å². The highest BCUT2D eigenvalue weighted by Gasteiger charge is 2.27. The summed E-state index contributed by atoms with van der Waals surface area (Å²) in [5.41, 5.74) is 8.45. The van der Waals surface area contributed by atoms with Crippen molar-refractivity contribution in [2.75, 3.05) is 55.8 Å². The van der Waals surface area contributed by atoms with Crippen molar-refractivity contribution in [2.45, 2.75) is 19.9 Å². The fourth-order valence-corrected chi connectivity index (χ4v) is 5.01. The summed E-state index contributed by atoms with van der Waals surface area (Å²) in [4.78, 5) is 34.5. The molecule has 0 aliphatic carbocycles. The number of hydroxylamine groups is 2. The maximum Gasteiger partial charge on any atom is 0.430 e. The Morgan fingerprint density at radius 2 is 2.06 bits per heavy atom. The number of nitrogen functional groups attached to an aromatic ring is 1. The molecule has 0 radical (unpaired) electrons. The molecule has 1 fully saturated rings. The van der Waals surface area contributed by atoms with Crippen LogP contribution in [0.4, 0.5) is 22.2 Å². The smallest absolute Gasteiger partial charge is 0.430 e. The van der Waals surface area contributed by atoms with Crippen LogP contribution in [0.2, 0.25) is 0 Å². The van der Waals surface area contributed by atoms with E-state index in [2.05, 4.69) is 25.2 Å². The summed E-state index contributed by atoms with van der Waals surface area (Å²) in [5.74, 6) is 2.31. The number of aliphatic imine (C=N–C) groups is 1. The van der Waals surface area contributed by atoms with E-state index < -0.39 is 6.09 Å². The van der Waals surface area contributed by atoms with Crippen LogP contribution in [0.1, 0.15) is 18.1 Å². The number of methoxy groups -OCH3 is 1. The summed E-state index contributed by atoms with van der Waals surface area (Å²) in [6.45, 7) is 6.68. The van der Waals surface area contributed by atoms with Crippen LogP contribution < -0.4 is 20.7 Å². The number of thiophene rings is 1. The van der Waals surface area contributed by atoms with Gasteiger partial charge in [-0.25, -0.2) is 14.8 Å². The zero-order valence-corrected chi connectivity index (χ0v) is 20.6. The van der Waals surface area contributed by atoms with Gasteiger partial charge >= 0.3 is 6.09 Å². The maximum atomic E-state index is 12.5. The van der Waals surface area contributed by atoms with E-state index in [9.17, 15) is 4.79 Å². The van der Waals surface area contributed by atoms with Crippen molar-refractivity contribution in [3.8, 4) is 5.75 Å². The molecule has 12 heteroatoms. The fourth-order valence-electron chi connectivity index (χ4n) is 4.09. The van der Waals surface area contributed by atoms with Gasteiger partial charge in [0.05, 0.1) is 37.2 Å². The summed E-state index contributed by atoms with van der Waals surface area (Å²) >= 11 is 1.49. The highest BCUT2D eigenvalue weighted by Crippen LogP contribution is 2.34. The first kappa shape index (κ1) is 23.1. The molecule has 1 aromatic carbocycles. The van der Waals surface area contributed by atoms with E-state index in [0.29, 0.717) is 44.4 Å². The average molecular weight is 498 g/mol. The number of nitrogens with two attached hydrogens (primary N) is 1. The number of hydrogen-bond donors (Lipinski definition) is 2. The van der Waals surface area contributed by atoms with Gasteiger partial charge in [-0.05, 0) is 37.6 Å². The van der Waals surface area contributed by atoms with Gasteiger partial charge < -0.3 is 24.9 Å². The van der Waals surface area contributed by atoms with E-state index in [1.165, 1.54) is 11.3 Å². The highest BCUT2D eigenvalue weighted by atomic mass is 32.1. The summed E-state index contributed by atoms with van der Waals surface area (Å²) in [5, 5.41) is 7.31. The zero-order valence-electron chi connectivity index (χ0n) is 19.8. The third kappa shape index (κ3) is 4.80. The van der Waals surface area contributed by atoms with Crippen LogP contribution in [0.3, 0.4) is 0 Å². The minimum atomic E-state index is -0.536.